The Morgan fingerprint density at radius 2 is 2.35 bits per heavy atom. The number of rotatable bonds is 3. The largest absolute Gasteiger partial charge is 0.459 e. The molecule has 5 nitrogen and oxygen atoms in total. The third-order valence-corrected chi connectivity index (χ3v) is 3.24. The summed E-state index contributed by atoms with van der Waals surface area (Å²) in [6, 6.07) is 2.77. The van der Waals surface area contributed by atoms with E-state index in [4.69, 9.17) is 15.2 Å². The van der Waals surface area contributed by atoms with Gasteiger partial charge in [0.15, 0.2) is 0 Å². The number of anilines is 1. The highest BCUT2D eigenvalue weighted by molar-refractivity contribution is 5.91. The molecule has 0 amide bonds. The van der Waals surface area contributed by atoms with Crippen molar-refractivity contribution in [1.82, 2.24) is 4.90 Å². The Bertz CT molecular complexity index is 507. The molecular weight excluding hydrogens is 263 g/mol. The van der Waals surface area contributed by atoms with E-state index in [2.05, 4.69) is 4.90 Å². The van der Waals surface area contributed by atoms with Crippen LogP contribution >= 0.6 is 0 Å². The molecule has 1 fully saturated rings. The summed E-state index contributed by atoms with van der Waals surface area (Å²) in [6.45, 7) is 3.81. The topological polar surface area (TPSA) is 64.8 Å². The normalized spacial score (nSPS) is 19.9. The van der Waals surface area contributed by atoms with E-state index < -0.39 is 11.8 Å². The summed E-state index contributed by atoms with van der Waals surface area (Å²) >= 11 is 0. The van der Waals surface area contributed by atoms with Crippen molar-refractivity contribution in [2.24, 2.45) is 0 Å². The number of morpholine rings is 1. The molecule has 1 aliphatic rings. The molecule has 0 radical (unpaired) electrons. The monoisotopic (exact) mass is 282 g/mol. The van der Waals surface area contributed by atoms with E-state index in [9.17, 15) is 9.18 Å². The van der Waals surface area contributed by atoms with Crippen LogP contribution in [0.15, 0.2) is 12.1 Å². The first-order valence-corrected chi connectivity index (χ1v) is 6.50. The molecule has 0 bridgehead atoms. The van der Waals surface area contributed by atoms with Crippen molar-refractivity contribution in [3.63, 3.8) is 0 Å². The van der Waals surface area contributed by atoms with Gasteiger partial charge in [-0.3, -0.25) is 0 Å². The van der Waals surface area contributed by atoms with E-state index in [1.807, 2.05) is 7.05 Å². The average molecular weight is 282 g/mol. The average Bonchev–Trinajstić information content (AvgIpc) is 2.40. The van der Waals surface area contributed by atoms with Crippen molar-refractivity contribution < 1.29 is 18.7 Å². The predicted octanol–water partition coefficient (Wildman–Crippen LogP) is 1.20. The second-order valence-electron chi connectivity index (χ2n) is 5.05. The van der Waals surface area contributed by atoms with Crippen LogP contribution in [0, 0.1) is 12.7 Å². The van der Waals surface area contributed by atoms with Crippen LogP contribution in [-0.4, -0.2) is 50.3 Å². The zero-order valence-electron chi connectivity index (χ0n) is 11.7. The summed E-state index contributed by atoms with van der Waals surface area (Å²) < 4.78 is 24.5. The summed E-state index contributed by atoms with van der Waals surface area (Å²) in [4.78, 5) is 14.0. The molecule has 1 saturated heterocycles. The number of nitrogen functional groups attached to an aromatic ring is 1. The van der Waals surface area contributed by atoms with Gasteiger partial charge in [-0.15, -0.1) is 0 Å². The van der Waals surface area contributed by atoms with Crippen LogP contribution in [-0.2, 0) is 9.47 Å². The lowest BCUT2D eigenvalue weighted by Gasteiger charge is -2.29. The molecule has 1 atom stereocenters. The van der Waals surface area contributed by atoms with Crippen molar-refractivity contribution in [2.75, 3.05) is 39.1 Å². The molecule has 0 saturated carbocycles. The summed E-state index contributed by atoms with van der Waals surface area (Å²) in [5, 5.41) is 0. The van der Waals surface area contributed by atoms with Gasteiger partial charge in [0.1, 0.15) is 18.5 Å². The first-order chi connectivity index (χ1) is 9.47. The highest BCUT2D eigenvalue weighted by atomic mass is 19.1. The molecule has 1 aliphatic heterocycles. The van der Waals surface area contributed by atoms with Gasteiger partial charge in [0.05, 0.1) is 12.2 Å². The number of nitrogens with zero attached hydrogens (tertiary/aromatic N) is 1. The van der Waals surface area contributed by atoms with Gasteiger partial charge in [0, 0.05) is 18.8 Å². The Balaban J connectivity index is 1.98. The Morgan fingerprint density at radius 1 is 1.60 bits per heavy atom. The fraction of sp³-hybridized carbons (Fsp3) is 0.500. The van der Waals surface area contributed by atoms with E-state index in [1.54, 1.807) is 6.92 Å². The lowest BCUT2D eigenvalue weighted by atomic mass is 10.1. The Labute approximate surface area is 117 Å². The maximum absolute atomic E-state index is 13.9. The highest BCUT2D eigenvalue weighted by Gasteiger charge is 2.21. The lowest BCUT2D eigenvalue weighted by molar-refractivity contribution is -0.0529. The van der Waals surface area contributed by atoms with Gasteiger partial charge in [0.2, 0.25) is 0 Å². The quantitative estimate of drug-likeness (QED) is 0.666. The lowest BCUT2D eigenvalue weighted by Crippen LogP contribution is -2.42. The second kappa shape index (κ2) is 6.19. The van der Waals surface area contributed by atoms with Gasteiger partial charge in [-0.2, -0.15) is 0 Å². The van der Waals surface area contributed by atoms with Crippen molar-refractivity contribution in [2.45, 2.75) is 13.0 Å². The number of carbonyl (C=O) groups excluding carboxylic acids is 1. The zero-order chi connectivity index (χ0) is 14.7. The number of halogens is 1. The fourth-order valence-electron chi connectivity index (χ4n) is 2.16. The number of hydrogen-bond acceptors (Lipinski definition) is 5. The van der Waals surface area contributed by atoms with Crippen LogP contribution in [0.3, 0.4) is 0 Å². The maximum Gasteiger partial charge on any atom is 0.341 e. The number of benzene rings is 1. The third-order valence-electron chi connectivity index (χ3n) is 3.24. The molecule has 0 spiro atoms. The number of likely N-dealkylation sites (N-methyl/N-ethyl adjacent to an activating group) is 1. The first kappa shape index (κ1) is 14.7. The van der Waals surface area contributed by atoms with Crippen LogP contribution in [0.2, 0.25) is 0 Å². The van der Waals surface area contributed by atoms with Crippen LogP contribution in [0.4, 0.5) is 10.1 Å². The van der Waals surface area contributed by atoms with Crippen LogP contribution < -0.4 is 5.73 Å². The molecule has 2 rings (SSSR count). The standard InChI is InChI=1S/C14H19FN2O3/c1-9-5-10(16)6-12(13(9)15)14(18)20-8-11-7-17(2)3-4-19-11/h5-6,11H,3-4,7-8,16H2,1-2H3. The Kier molecular flexibility index (Phi) is 4.57. The Hall–Kier alpha value is -1.66. The SMILES string of the molecule is Cc1cc(N)cc(C(=O)OCC2CN(C)CCO2)c1F. The van der Waals surface area contributed by atoms with Crippen molar-refractivity contribution in [3.8, 4) is 0 Å². The molecule has 1 aromatic rings. The number of hydrogen-bond donors (Lipinski definition) is 1. The number of ether oxygens (including phenoxy) is 2. The minimum Gasteiger partial charge on any atom is -0.459 e. The summed E-state index contributed by atoms with van der Waals surface area (Å²) in [5.41, 5.74) is 6.15. The van der Waals surface area contributed by atoms with Crippen LogP contribution in [0.25, 0.3) is 0 Å². The predicted molar refractivity (Wildman–Crippen MR) is 73.1 cm³/mol. The van der Waals surface area contributed by atoms with Gasteiger partial charge in [-0.25, -0.2) is 9.18 Å². The Morgan fingerprint density at radius 3 is 3.05 bits per heavy atom. The molecule has 110 valence electrons. The summed E-state index contributed by atoms with van der Waals surface area (Å²) in [7, 11) is 1.97. The van der Waals surface area contributed by atoms with Gasteiger partial charge >= 0.3 is 5.97 Å². The summed E-state index contributed by atoms with van der Waals surface area (Å²) in [6.07, 6.45) is -0.178. The summed E-state index contributed by atoms with van der Waals surface area (Å²) in [5.74, 6) is -1.30. The van der Waals surface area contributed by atoms with E-state index in [-0.39, 0.29) is 18.3 Å². The minimum atomic E-state index is -0.713. The van der Waals surface area contributed by atoms with Gasteiger partial charge < -0.3 is 20.1 Å². The van der Waals surface area contributed by atoms with E-state index in [0.717, 1.165) is 6.54 Å². The molecule has 20 heavy (non-hydrogen) atoms. The molecule has 0 aliphatic carbocycles. The van der Waals surface area contributed by atoms with E-state index >= 15 is 0 Å². The third kappa shape index (κ3) is 3.46. The van der Waals surface area contributed by atoms with Gasteiger partial charge in [-0.05, 0) is 31.7 Å². The number of aryl methyl sites for hydroxylation is 1. The minimum absolute atomic E-state index is 0.108. The molecule has 1 heterocycles. The fourth-order valence-corrected chi connectivity index (χ4v) is 2.16. The van der Waals surface area contributed by atoms with Gasteiger partial charge in [0.25, 0.3) is 0 Å². The van der Waals surface area contributed by atoms with Crippen molar-refractivity contribution >= 4 is 11.7 Å². The van der Waals surface area contributed by atoms with Crippen LogP contribution in [0.1, 0.15) is 15.9 Å². The maximum atomic E-state index is 13.9. The molecule has 0 aromatic heterocycles. The van der Waals surface area contributed by atoms with Crippen molar-refractivity contribution in [1.29, 1.82) is 0 Å². The molecule has 6 heteroatoms. The highest BCUT2D eigenvalue weighted by Crippen LogP contribution is 2.18. The molecule has 2 N–H and O–H groups in total. The molecule has 1 aromatic carbocycles. The van der Waals surface area contributed by atoms with E-state index in [0.29, 0.717) is 24.4 Å². The molecule has 1 unspecified atom stereocenters. The number of carbonyl (C=O) groups is 1. The first-order valence-electron chi connectivity index (χ1n) is 6.50. The number of esters is 1. The van der Waals surface area contributed by atoms with Gasteiger partial charge in [-0.1, -0.05) is 0 Å². The van der Waals surface area contributed by atoms with Crippen molar-refractivity contribution in [3.05, 3.63) is 29.1 Å². The zero-order valence-corrected chi connectivity index (χ0v) is 11.7. The number of nitrogens with two attached hydrogens (primary N) is 1. The second-order valence-corrected chi connectivity index (χ2v) is 5.05. The van der Waals surface area contributed by atoms with Crippen LogP contribution in [0.5, 0.6) is 0 Å². The molecular formula is C14H19FN2O3. The smallest absolute Gasteiger partial charge is 0.341 e. The van der Waals surface area contributed by atoms with E-state index in [1.165, 1.54) is 12.1 Å².